The van der Waals surface area contributed by atoms with Gasteiger partial charge in [-0.3, -0.25) is 0 Å². The van der Waals surface area contributed by atoms with E-state index in [4.69, 9.17) is 0 Å². The zero-order valence-electron chi connectivity index (χ0n) is 12.4. The summed E-state index contributed by atoms with van der Waals surface area (Å²) in [6.45, 7) is 2.26. The van der Waals surface area contributed by atoms with E-state index >= 15 is 0 Å². The molecule has 2 rings (SSSR count). The normalized spacial score (nSPS) is 10.7. The lowest BCUT2D eigenvalue weighted by Gasteiger charge is -2.04. The molecule has 1 aromatic heterocycles. The van der Waals surface area contributed by atoms with Gasteiger partial charge in [0.15, 0.2) is 5.82 Å². The van der Waals surface area contributed by atoms with Crippen LogP contribution in [0.5, 0.6) is 0 Å². The monoisotopic (exact) mass is 268 g/mol. The van der Waals surface area contributed by atoms with Crippen molar-refractivity contribution in [2.75, 3.05) is 0 Å². The third-order valence-electron chi connectivity index (χ3n) is 3.60. The van der Waals surface area contributed by atoms with Gasteiger partial charge in [0, 0.05) is 18.0 Å². The van der Waals surface area contributed by atoms with Crippen molar-refractivity contribution in [3.05, 3.63) is 48.3 Å². The van der Waals surface area contributed by atoms with E-state index in [-0.39, 0.29) is 0 Å². The van der Waals surface area contributed by atoms with Crippen molar-refractivity contribution in [2.24, 2.45) is 0 Å². The number of hydrogen-bond acceptors (Lipinski definition) is 2. The topological polar surface area (TPSA) is 25.8 Å². The molecule has 0 N–H and O–H groups in total. The highest BCUT2D eigenvalue weighted by atomic mass is 14.8. The average Bonchev–Trinajstić information content (AvgIpc) is 2.52. The van der Waals surface area contributed by atoms with Gasteiger partial charge in [0.1, 0.15) is 0 Å². The van der Waals surface area contributed by atoms with Gasteiger partial charge in [0.25, 0.3) is 0 Å². The number of aryl methyl sites for hydroxylation is 1. The molecule has 0 spiro atoms. The summed E-state index contributed by atoms with van der Waals surface area (Å²) in [5.74, 6) is 0.804. The van der Waals surface area contributed by atoms with Crippen LogP contribution < -0.4 is 0 Å². The van der Waals surface area contributed by atoms with Crippen LogP contribution in [0.15, 0.2) is 42.7 Å². The Morgan fingerprint density at radius 3 is 2.15 bits per heavy atom. The van der Waals surface area contributed by atoms with E-state index in [9.17, 15) is 0 Å². The highest BCUT2D eigenvalue weighted by Crippen LogP contribution is 2.16. The van der Waals surface area contributed by atoms with Gasteiger partial charge in [0.2, 0.25) is 0 Å². The first-order valence-corrected chi connectivity index (χ1v) is 7.76. The SMILES string of the molecule is CCCCCCCCc1ccc(-c2ncccn2)cc1. The Morgan fingerprint density at radius 2 is 1.45 bits per heavy atom. The zero-order chi connectivity index (χ0) is 14.0. The van der Waals surface area contributed by atoms with Gasteiger partial charge >= 0.3 is 0 Å². The van der Waals surface area contributed by atoms with Crippen molar-refractivity contribution in [3.8, 4) is 11.4 Å². The van der Waals surface area contributed by atoms with E-state index in [2.05, 4.69) is 41.2 Å². The van der Waals surface area contributed by atoms with Gasteiger partial charge in [-0.1, -0.05) is 63.3 Å². The Balaban J connectivity index is 1.77. The van der Waals surface area contributed by atoms with Gasteiger partial charge in [-0.05, 0) is 24.5 Å². The van der Waals surface area contributed by atoms with Gasteiger partial charge < -0.3 is 0 Å². The number of rotatable bonds is 8. The third-order valence-corrected chi connectivity index (χ3v) is 3.60. The maximum Gasteiger partial charge on any atom is 0.159 e. The molecule has 0 saturated heterocycles. The van der Waals surface area contributed by atoms with Crippen molar-refractivity contribution < 1.29 is 0 Å². The van der Waals surface area contributed by atoms with E-state index in [1.165, 1.54) is 50.5 Å². The summed E-state index contributed by atoms with van der Waals surface area (Å²) in [6, 6.07) is 10.5. The molecule has 0 atom stereocenters. The largest absolute Gasteiger partial charge is 0.237 e. The number of hydrogen-bond donors (Lipinski definition) is 0. The second-order valence-electron chi connectivity index (χ2n) is 5.29. The Morgan fingerprint density at radius 1 is 0.800 bits per heavy atom. The summed E-state index contributed by atoms with van der Waals surface area (Å²) in [5, 5.41) is 0. The predicted molar refractivity (Wildman–Crippen MR) is 84.5 cm³/mol. The first-order valence-electron chi connectivity index (χ1n) is 7.76. The van der Waals surface area contributed by atoms with Gasteiger partial charge in [0.05, 0.1) is 0 Å². The third kappa shape index (κ3) is 4.76. The maximum absolute atomic E-state index is 4.27. The van der Waals surface area contributed by atoms with Crippen molar-refractivity contribution in [3.63, 3.8) is 0 Å². The molecule has 0 aliphatic carbocycles. The molecule has 20 heavy (non-hydrogen) atoms. The number of unbranched alkanes of at least 4 members (excludes halogenated alkanes) is 5. The fourth-order valence-electron chi connectivity index (χ4n) is 2.38. The lowest BCUT2D eigenvalue weighted by molar-refractivity contribution is 0.607. The van der Waals surface area contributed by atoms with Crippen LogP contribution in [-0.2, 0) is 6.42 Å². The Kier molecular flexibility index (Phi) is 6.22. The van der Waals surface area contributed by atoms with Crippen molar-refractivity contribution in [1.29, 1.82) is 0 Å². The van der Waals surface area contributed by atoms with E-state index in [0.717, 1.165) is 11.4 Å². The second kappa shape index (κ2) is 8.47. The van der Waals surface area contributed by atoms with Crippen LogP contribution in [0, 0.1) is 0 Å². The van der Waals surface area contributed by atoms with Crippen LogP contribution in [0.3, 0.4) is 0 Å². The molecule has 0 bridgehead atoms. The van der Waals surface area contributed by atoms with Crippen LogP contribution in [0.1, 0.15) is 51.0 Å². The standard InChI is InChI=1S/C18H24N2/c1-2-3-4-5-6-7-9-16-10-12-17(13-11-16)18-19-14-8-15-20-18/h8,10-15H,2-7,9H2,1H3. The minimum atomic E-state index is 0.804. The molecular formula is C18H24N2. The molecule has 1 heterocycles. The van der Waals surface area contributed by atoms with E-state index < -0.39 is 0 Å². The first kappa shape index (κ1) is 14.7. The quantitative estimate of drug-likeness (QED) is 0.626. The fourth-order valence-corrected chi connectivity index (χ4v) is 2.38. The van der Waals surface area contributed by atoms with Crippen molar-refractivity contribution >= 4 is 0 Å². The summed E-state index contributed by atoms with van der Waals surface area (Å²) >= 11 is 0. The molecular weight excluding hydrogens is 244 g/mol. The molecule has 0 radical (unpaired) electrons. The van der Waals surface area contributed by atoms with Crippen molar-refractivity contribution in [2.45, 2.75) is 51.9 Å². The minimum Gasteiger partial charge on any atom is -0.237 e. The fraction of sp³-hybridized carbons (Fsp3) is 0.444. The summed E-state index contributed by atoms with van der Waals surface area (Å²) in [6.07, 6.45) is 12.9. The smallest absolute Gasteiger partial charge is 0.159 e. The number of nitrogens with zero attached hydrogens (tertiary/aromatic N) is 2. The van der Waals surface area contributed by atoms with Gasteiger partial charge in [-0.15, -0.1) is 0 Å². The Bertz CT molecular complexity index is 477. The van der Waals surface area contributed by atoms with E-state index in [1.807, 2.05) is 6.07 Å². The maximum atomic E-state index is 4.27. The molecule has 0 saturated carbocycles. The Labute approximate surface area is 122 Å². The number of benzene rings is 1. The predicted octanol–water partition coefficient (Wildman–Crippen LogP) is 5.05. The molecule has 0 aliphatic rings. The van der Waals surface area contributed by atoms with Gasteiger partial charge in [-0.2, -0.15) is 0 Å². The second-order valence-corrected chi connectivity index (χ2v) is 5.29. The number of aromatic nitrogens is 2. The van der Waals surface area contributed by atoms with Crippen LogP contribution in [-0.4, -0.2) is 9.97 Å². The zero-order valence-corrected chi connectivity index (χ0v) is 12.4. The average molecular weight is 268 g/mol. The molecule has 0 aliphatic heterocycles. The van der Waals surface area contributed by atoms with Crippen LogP contribution in [0.25, 0.3) is 11.4 Å². The lowest BCUT2D eigenvalue weighted by Crippen LogP contribution is -1.89. The van der Waals surface area contributed by atoms with Crippen LogP contribution in [0.2, 0.25) is 0 Å². The van der Waals surface area contributed by atoms with Crippen LogP contribution in [0.4, 0.5) is 0 Å². The lowest BCUT2D eigenvalue weighted by atomic mass is 10.0. The van der Waals surface area contributed by atoms with Crippen molar-refractivity contribution in [1.82, 2.24) is 9.97 Å². The molecule has 1 aromatic carbocycles. The molecule has 2 heteroatoms. The summed E-state index contributed by atoms with van der Waals surface area (Å²) in [7, 11) is 0. The highest BCUT2D eigenvalue weighted by Gasteiger charge is 2.00. The first-order chi connectivity index (χ1) is 9.90. The molecule has 0 fully saturated rings. The minimum absolute atomic E-state index is 0.804. The molecule has 0 unspecified atom stereocenters. The van der Waals surface area contributed by atoms with Gasteiger partial charge in [-0.25, -0.2) is 9.97 Å². The highest BCUT2D eigenvalue weighted by molar-refractivity contribution is 5.54. The summed E-state index contributed by atoms with van der Waals surface area (Å²) in [5.41, 5.74) is 2.51. The van der Waals surface area contributed by atoms with E-state index in [1.54, 1.807) is 12.4 Å². The molecule has 106 valence electrons. The van der Waals surface area contributed by atoms with E-state index in [0.29, 0.717) is 0 Å². The Hall–Kier alpha value is -1.70. The molecule has 2 nitrogen and oxygen atoms in total. The summed E-state index contributed by atoms with van der Waals surface area (Å²) in [4.78, 5) is 8.54. The molecule has 2 aromatic rings. The van der Waals surface area contributed by atoms with Crippen LogP contribution >= 0.6 is 0 Å². The summed E-state index contributed by atoms with van der Waals surface area (Å²) < 4.78 is 0. The molecule has 0 amide bonds.